The molecular formula is C20H21N3O4. The number of benzene rings is 1. The van der Waals surface area contributed by atoms with Crippen LogP contribution in [0.4, 0.5) is 0 Å². The average Bonchev–Trinajstić information content (AvgIpc) is 3.38. The lowest BCUT2D eigenvalue weighted by Crippen LogP contribution is -2.43. The van der Waals surface area contributed by atoms with Crippen LogP contribution in [0.2, 0.25) is 0 Å². The average molecular weight is 367 g/mol. The van der Waals surface area contributed by atoms with E-state index in [1.807, 2.05) is 0 Å². The van der Waals surface area contributed by atoms with Crippen molar-refractivity contribution < 1.29 is 9.21 Å². The van der Waals surface area contributed by atoms with Crippen molar-refractivity contribution in [2.45, 2.75) is 44.8 Å². The summed E-state index contributed by atoms with van der Waals surface area (Å²) in [6.45, 7) is 0.105. The summed E-state index contributed by atoms with van der Waals surface area (Å²) in [7, 11) is 0. The van der Waals surface area contributed by atoms with Crippen molar-refractivity contribution in [2.24, 2.45) is 0 Å². The van der Waals surface area contributed by atoms with E-state index in [1.165, 1.54) is 15.4 Å². The third-order valence-electron chi connectivity index (χ3n) is 5.11. The van der Waals surface area contributed by atoms with Gasteiger partial charge in [-0.1, -0.05) is 25.0 Å². The van der Waals surface area contributed by atoms with Crippen LogP contribution in [0.1, 0.15) is 37.5 Å². The monoisotopic (exact) mass is 367 g/mol. The van der Waals surface area contributed by atoms with Crippen LogP contribution in [0.25, 0.3) is 10.9 Å². The fourth-order valence-electron chi connectivity index (χ4n) is 3.78. The highest BCUT2D eigenvalue weighted by Gasteiger charge is 2.23. The molecule has 0 bridgehead atoms. The summed E-state index contributed by atoms with van der Waals surface area (Å²) < 4.78 is 7.94. The van der Waals surface area contributed by atoms with E-state index >= 15 is 0 Å². The highest BCUT2D eigenvalue weighted by Crippen LogP contribution is 2.27. The molecule has 3 aromatic rings. The second-order valence-electron chi connectivity index (χ2n) is 6.86. The lowest BCUT2D eigenvalue weighted by Gasteiger charge is -2.17. The molecule has 1 fully saturated rings. The fraction of sp³-hybridized carbons (Fsp3) is 0.350. The van der Waals surface area contributed by atoms with Gasteiger partial charge in [0.25, 0.3) is 5.56 Å². The minimum absolute atomic E-state index is 0.0907. The molecule has 1 amide bonds. The lowest BCUT2D eigenvalue weighted by atomic mass is 10.2. The van der Waals surface area contributed by atoms with Gasteiger partial charge in [-0.3, -0.25) is 18.7 Å². The largest absolute Gasteiger partial charge is 0.467 e. The maximum atomic E-state index is 13.1. The van der Waals surface area contributed by atoms with Crippen molar-refractivity contribution in [2.75, 3.05) is 0 Å². The normalized spacial score (nSPS) is 14.7. The molecule has 1 aromatic carbocycles. The molecule has 0 spiro atoms. The second kappa shape index (κ2) is 7.26. The summed E-state index contributed by atoms with van der Waals surface area (Å²) in [6.07, 6.45) is 5.19. The summed E-state index contributed by atoms with van der Waals surface area (Å²) in [5, 5.41) is 3.21. The Labute approximate surface area is 155 Å². The van der Waals surface area contributed by atoms with E-state index in [0.717, 1.165) is 25.7 Å². The predicted molar refractivity (Wildman–Crippen MR) is 101 cm³/mol. The number of fused-ring (bicyclic) bond motifs is 1. The maximum absolute atomic E-state index is 13.1. The van der Waals surface area contributed by atoms with E-state index in [0.29, 0.717) is 16.7 Å². The SMILES string of the molecule is O=C(Cn1c(=O)n(C2CCCC2)c(=O)c2ccccc21)NCc1ccco1. The number of hydrogen-bond acceptors (Lipinski definition) is 4. The minimum atomic E-state index is -0.418. The third kappa shape index (κ3) is 3.32. The number of rotatable bonds is 5. The lowest BCUT2D eigenvalue weighted by molar-refractivity contribution is -0.121. The van der Waals surface area contributed by atoms with Crippen molar-refractivity contribution >= 4 is 16.8 Å². The Bertz CT molecular complexity index is 1070. The van der Waals surface area contributed by atoms with Crippen LogP contribution in [0.15, 0.2) is 56.7 Å². The van der Waals surface area contributed by atoms with E-state index in [2.05, 4.69) is 5.32 Å². The van der Waals surface area contributed by atoms with Gasteiger partial charge in [0.1, 0.15) is 12.3 Å². The van der Waals surface area contributed by atoms with E-state index in [1.54, 1.807) is 36.4 Å². The van der Waals surface area contributed by atoms with Gasteiger partial charge in [-0.15, -0.1) is 0 Å². The van der Waals surface area contributed by atoms with Gasteiger partial charge in [0.05, 0.1) is 23.7 Å². The van der Waals surface area contributed by atoms with Crippen LogP contribution in [-0.4, -0.2) is 15.0 Å². The first kappa shape index (κ1) is 17.3. The van der Waals surface area contributed by atoms with Gasteiger partial charge >= 0.3 is 5.69 Å². The molecule has 0 radical (unpaired) electrons. The van der Waals surface area contributed by atoms with Gasteiger partial charge in [-0.25, -0.2) is 4.79 Å². The van der Waals surface area contributed by atoms with Crippen LogP contribution >= 0.6 is 0 Å². The number of aromatic nitrogens is 2. The summed E-state index contributed by atoms with van der Waals surface area (Å²) >= 11 is 0. The molecule has 1 N–H and O–H groups in total. The minimum Gasteiger partial charge on any atom is -0.467 e. The molecule has 0 aliphatic heterocycles. The van der Waals surface area contributed by atoms with Crippen molar-refractivity contribution in [3.8, 4) is 0 Å². The van der Waals surface area contributed by atoms with Crippen molar-refractivity contribution in [1.82, 2.24) is 14.5 Å². The molecule has 4 rings (SSSR count). The molecule has 0 saturated heterocycles. The standard InChI is InChI=1S/C20H21N3O4/c24-18(21-12-15-8-5-11-27-15)13-22-17-10-4-3-9-16(17)19(25)23(20(22)26)14-6-1-2-7-14/h3-5,8-11,14H,1-2,6-7,12-13H2,(H,21,24). The first-order chi connectivity index (χ1) is 13.1. The Hall–Kier alpha value is -3.09. The number of carbonyl (C=O) groups excluding carboxylic acids is 1. The fourth-order valence-corrected chi connectivity index (χ4v) is 3.78. The molecule has 0 atom stereocenters. The first-order valence-corrected chi connectivity index (χ1v) is 9.18. The van der Waals surface area contributed by atoms with E-state index < -0.39 is 5.69 Å². The van der Waals surface area contributed by atoms with Gasteiger partial charge in [0.2, 0.25) is 5.91 Å². The van der Waals surface area contributed by atoms with Gasteiger partial charge in [0.15, 0.2) is 0 Å². The van der Waals surface area contributed by atoms with Gasteiger partial charge in [-0.05, 0) is 37.1 Å². The van der Waals surface area contributed by atoms with Crippen LogP contribution in [0.5, 0.6) is 0 Å². The Morgan fingerprint density at radius 2 is 1.89 bits per heavy atom. The number of nitrogens with one attached hydrogen (secondary N) is 1. The topological polar surface area (TPSA) is 86.2 Å². The number of furan rings is 1. The molecule has 27 heavy (non-hydrogen) atoms. The zero-order valence-electron chi connectivity index (χ0n) is 14.9. The van der Waals surface area contributed by atoms with Gasteiger partial charge in [-0.2, -0.15) is 0 Å². The molecule has 1 aliphatic rings. The molecule has 7 nitrogen and oxygen atoms in total. The van der Waals surface area contributed by atoms with E-state index in [-0.39, 0.29) is 30.6 Å². The van der Waals surface area contributed by atoms with Crippen LogP contribution in [0, 0.1) is 0 Å². The smallest absolute Gasteiger partial charge is 0.332 e. The molecule has 140 valence electrons. The van der Waals surface area contributed by atoms with Gasteiger partial charge < -0.3 is 9.73 Å². The molecule has 1 saturated carbocycles. The predicted octanol–water partition coefficient (Wildman–Crippen LogP) is 2.19. The zero-order valence-corrected chi connectivity index (χ0v) is 14.9. The molecular weight excluding hydrogens is 346 g/mol. The van der Waals surface area contributed by atoms with Crippen molar-refractivity contribution in [1.29, 1.82) is 0 Å². The number of para-hydroxylation sites is 1. The van der Waals surface area contributed by atoms with Crippen molar-refractivity contribution in [3.05, 3.63) is 69.3 Å². The van der Waals surface area contributed by atoms with E-state index in [9.17, 15) is 14.4 Å². The molecule has 0 unspecified atom stereocenters. The summed E-state index contributed by atoms with van der Waals surface area (Å²) in [5.74, 6) is 0.326. The van der Waals surface area contributed by atoms with Crippen LogP contribution in [0.3, 0.4) is 0 Å². The Morgan fingerprint density at radius 3 is 2.63 bits per heavy atom. The maximum Gasteiger partial charge on any atom is 0.332 e. The Morgan fingerprint density at radius 1 is 1.11 bits per heavy atom. The highest BCUT2D eigenvalue weighted by atomic mass is 16.3. The Balaban J connectivity index is 1.71. The molecule has 2 heterocycles. The first-order valence-electron chi connectivity index (χ1n) is 9.18. The zero-order chi connectivity index (χ0) is 18.8. The quantitative estimate of drug-likeness (QED) is 0.749. The number of hydrogen-bond donors (Lipinski definition) is 1. The third-order valence-corrected chi connectivity index (χ3v) is 5.11. The van der Waals surface area contributed by atoms with E-state index in [4.69, 9.17) is 4.42 Å². The number of amides is 1. The number of nitrogens with zero attached hydrogens (tertiary/aromatic N) is 2. The summed E-state index contributed by atoms with van der Waals surface area (Å²) in [4.78, 5) is 38.4. The second-order valence-corrected chi connectivity index (χ2v) is 6.86. The number of carbonyl (C=O) groups is 1. The van der Waals surface area contributed by atoms with Crippen LogP contribution < -0.4 is 16.6 Å². The summed E-state index contributed by atoms with van der Waals surface area (Å²) in [6, 6.07) is 10.4. The Kier molecular flexibility index (Phi) is 4.66. The molecule has 2 aromatic heterocycles. The van der Waals surface area contributed by atoms with Gasteiger partial charge in [0, 0.05) is 6.04 Å². The molecule has 1 aliphatic carbocycles. The van der Waals surface area contributed by atoms with Crippen LogP contribution in [-0.2, 0) is 17.9 Å². The highest BCUT2D eigenvalue weighted by molar-refractivity contribution is 5.81. The van der Waals surface area contributed by atoms with Crippen molar-refractivity contribution in [3.63, 3.8) is 0 Å². The summed E-state index contributed by atoms with van der Waals surface area (Å²) in [5.41, 5.74) is -0.205. The molecule has 7 heteroatoms.